The largest absolute Gasteiger partial charge is 0.397 e. The lowest BCUT2D eigenvalue weighted by Gasteiger charge is -2.07. The summed E-state index contributed by atoms with van der Waals surface area (Å²) in [7, 11) is 0. The predicted octanol–water partition coefficient (Wildman–Crippen LogP) is 4.15. The molecule has 0 spiro atoms. The van der Waals surface area contributed by atoms with Gasteiger partial charge in [-0.3, -0.25) is 4.79 Å². The monoisotopic (exact) mass is 385 g/mol. The van der Waals surface area contributed by atoms with Crippen molar-refractivity contribution in [3.8, 4) is 5.69 Å². The summed E-state index contributed by atoms with van der Waals surface area (Å²) in [5, 5.41) is 9.28. The fourth-order valence-electron chi connectivity index (χ4n) is 3.38. The molecule has 3 aromatic heterocycles. The number of benzene rings is 2. The number of fused-ring (bicyclic) bond motifs is 2. The van der Waals surface area contributed by atoms with Crippen LogP contribution in [0.4, 0.5) is 5.69 Å². The van der Waals surface area contributed by atoms with Gasteiger partial charge in [0.15, 0.2) is 0 Å². The second-order valence-corrected chi connectivity index (χ2v) is 7.48. The summed E-state index contributed by atoms with van der Waals surface area (Å²) in [6.07, 6.45) is 1.76. The number of thiophene rings is 1. The Morgan fingerprint density at radius 1 is 1.07 bits per heavy atom. The van der Waals surface area contributed by atoms with E-state index in [1.54, 1.807) is 23.0 Å². The van der Waals surface area contributed by atoms with Crippen LogP contribution in [0.2, 0.25) is 0 Å². The molecular weight excluding hydrogens is 370 g/mol. The Hall–Kier alpha value is -3.58. The van der Waals surface area contributed by atoms with E-state index in [0.717, 1.165) is 32.5 Å². The molecule has 136 valence electrons. The van der Waals surface area contributed by atoms with E-state index < -0.39 is 0 Å². The maximum Gasteiger partial charge on any atom is 0.205 e. The summed E-state index contributed by atoms with van der Waals surface area (Å²) < 4.78 is 1.76. The number of anilines is 1. The van der Waals surface area contributed by atoms with E-state index in [1.807, 2.05) is 49.4 Å². The van der Waals surface area contributed by atoms with Crippen LogP contribution >= 0.6 is 11.3 Å². The maximum atomic E-state index is 12.9. The number of carbonyl (C=O) groups is 1. The fourth-order valence-corrected chi connectivity index (χ4v) is 4.47. The summed E-state index contributed by atoms with van der Waals surface area (Å²) in [6, 6.07) is 16.9. The molecule has 0 saturated carbocycles. The average molecular weight is 385 g/mol. The van der Waals surface area contributed by atoms with Gasteiger partial charge in [-0.1, -0.05) is 47.7 Å². The van der Waals surface area contributed by atoms with Crippen LogP contribution in [0.1, 0.15) is 20.8 Å². The Morgan fingerprint density at radius 3 is 2.64 bits per heavy atom. The molecule has 0 bridgehead atoms. The number of nitrogens with two attached hydrogens (primary N) is 1. The number of hydrogen-bond donors (Lipinski definition) is 1. The quantitative estimate of drug-likeness (QED) is 0.472. The predicted molar refractivity (Wildman–Crippen MR) is 111 cm³/mol. The van der Waals surface area contributed by atoms with Crippen LogP contribution < -0.4 is 5.73 Å². The van der Waals surface area contributed by atoms with Gasteiger partial charge in [0, 0.05) is 10.9 Å². The maximum absolute atomic E-state index is 12.9. The molecule has 2 N–H and O–H groups in total. The van der Waals surface area contributed by atoms with Crippen molar-refractivity contribution < 1.29 is 4.79 Å². The summed E-state index contributed by atoms with van der Waals surface area (Å²) >= 11 is 1.32. The van der Waals surface area contributed by atoms with Gasteiger partial charge in [-0.2, -0.15) is 0 Å². The number of para-hydroxylation sites is 1. The molecule has 7 heteroatoms. The first-order valence-corrected chi connectivity index (χ1v) is 9.55. The van der Waals surface area contributed by atoms with E-state index in [0.29, 0.717) is 16.1 Å². The molecule has 0 saturated heterocycles. The van der Waals surface area contributed by atoms with E-state index in [4.69, 9.17) is 5.73 Å². The number of nitrogens with zero attached hydrogens (tertiary/aromatic N) is 4. The Balaban J connectivity index is 1.70. The van der Waals surface area contributed by atoms with Gasteiger partial charge in [-0.15, -0.1) is 16.4 Å². The lowest BCUT2D eigenvalue weighted by Crippen LogP contribution is -2.03. The molecule has 2 aromatic carbocycles. The van der Waals surface area contributed by atoms with Gasteiger partial charge in [-0.05, 0) is 24.6 Å². The Morgan fingerprint density at radius 2 is 1.82 bits per heavy atom. The highest BCUT2D eigenvalue weighted by atomic mass is 32.1. The smallest absolute Gasteiger partial charge is 0.205 e. The van der Waals surface area contributed by atoms with Gasteiger partial charge >= 0.3 is 0 Å². The first kappa shape index (κ1) is 16.6. The highest BCUT2D eigenvalue weighted by Gasteiger charge is 2.22. The zero-order chi connectivity index (χ0) is 19.3. The third-order valence-corrected chi connectivity index (χ3v) is 5.92. The molecule has 0 radical (unpaired) electrons. The number of carbonyl (C=O) groups excluding carboxylic acids is 1. The van der Waals surface area contributed by atoms with Crippen LogP contribution in [0, 0.1) is 6.92 Å². The van der Waals surface area contributed by atoms with Gasteiger partial charge in [0.25, 0.3) is 0 Å². The second kappa shape index (κ2) is 6.24. The number of nitrogen functional groups attached to an aromatic ring is 1. The molecule has 5 rings (SSSR count). The second-order valence-electron chi connectivity index (χ2n) is 6.48. The van der Waals surface area contributed by atoms with Crippen molar-refractivity contribution in [1.82, 2.24) is 20.0 Å². The van der Waals surface area contributed by atoms with E-state index >= 15 is 0 Å². The molecule has 5 aromatic rings. The first-order chi connectivity index (χ1) is 13.6. The van der Waals surface area contributed by atoms with Crippen LogP contribution in [-0.4, -0.2) is 25.8 Å². The number of aromatic nitrogens is 4. The number of rotatable bonds is 3. The standard InChI is InChI=1S/C21H15N5OS/c1-12-16(26-15-10-6-5-9-14(15)24-25-26)11-23-21-17(12)18(22)20(28-21)19(27)13-7-3-2-4-8-13/h2-11H,22H2,1H3. The number of hydrogen-bond acceptors (Lipinski definition) is 6. The molecule has 0 fully saturated rings. The van der Waals surface area contributed by atoms with E-state index in [2.05, 4.69) is 15.3 Å². The zero-order valence-electron chi connectivity index (χ0n) is 15.0. The van der Waals surface area contributed by atoms with Crippen LogP contribution in [0.15, 0.2) is 60.8 Å². The van der Waals surface area contributed by atoms with Gasteiger partial charge in [0.05, 0.1) is 23.1 Å². The Bertz CT molecular complexity index is 1350. The van der Waals surface area contributed by atoms with E-state index in [1.165, 1.54) is 11.3 Å². The molecule has 28 heavy (non-hydrogen) atoms. The minimum Gasteiger partial charge on any atom is -0.397 e. The van der Waals surface area contributed by atoms with Gasteiger partial charge in [0.2, 0.25) is 5.78 Å². The topological polar surface area (TPSA) is 86.7 Å². The van der Waals surface area contributed by atoms with Crippen molar-refractivity contribution in [2.75, 3.05) is 5.73 Å². The van der Waals surface area contributed by atoms with Crippen LogP contribution in [0.25, 0.3) is 26.9 Å². The lowest BCUT2D eigenvalue weighted by atomic mass is 10.1. The van der Waals surface area contributed by atoms with Crippen LogP contribution in [0.5, 0.6) is 0 Å². The SMILES string of the molecule is Cc1c(-n2nnc3ccccc32)cnc2sc(C(=O)c3ccccc3)c(N)c12. The van der Waals surface area contributed by atoms with E-state index in [9.17, 15) is 4.79 Å². The average Bonchev–Trinajstić information content (AvgIpc) is 3.30. The highest BCUT2D eigenvalue weighted by molar-refractivity contribution is 7.21. The molecular formula is C21H15N5OS. The minimum absolute atomic E-state index is 0.0896. The first-order valence-electron chi connectivity index (χ1n) is 8.73. The number of aryl methyl sites for hydroxylation is 1. The third kappa shape index (κ3) is 2.40. The molecule has 0 aliphatic rings. The Kier molecular flexibility index (Phi) is 3.70. The molecule has 0 atom stereocenters. The van der Waals surface area contributed by atoms with Crippen molar-refractivity contribution in [3.63, 3.8) is 0 Å². The summed E-state index contributed by atoms with van der Waals surface area (Å²) in [4.78, 5) is 18.7. The molecule has 0 aliphatic heterocycles. The molecule has 0 amide bonds. The molecule has 6 nitrogen and oxygen atoms in total. The van der Waals surface area contributed by atoms with Crippen molar-refractivity contribution in [2.24, 2.45) is 0 Å². The molecule has 0 unspecified atom stereocenters. The summed E-state index contributed by atoms with van der Waals surface area (Å²) in [6.45, 7) is 1.97. The lowest BCUT2D eigenvalue weighted by molar-refractivity contribution is 0.104. The van der Waals surface area contributed by atoms with Gasteiger partial charge in [-0.25, -0.2) is 9.67 Å². The zero-order valence-corrected chi connectivity index (χ0v) is 15.8. The number of pyridine rings is 1. The fraction of sp³-hybridized carbons (Fsp3) is 0.0476. The minimum atomic E-state index is -0.0896. The molecule has 0 aliphatic carbocycles. The van der Waals surface area contributed by atoms with Crippen molar-refractivity contribution in [1.29, 1.82) is 0 Å². The van der Waals surface area contributed by atoms with Crippen LogP contribution in [-0.2, 0) is 0 Å². The van der Waals surface area contributed by atoms with Crippen molar-refractivity contribution in [3.05, 3.63) is 76.8 Å². The van der Waals surface area contributed by atoms with Crippen molar-refractivity contribution in [2.45, 2.75) is 6.92 Å². The third-order valence-electron chi connectivity index (χ3n) is 4.81. The summed E-state index contributed by atoms with van der Waals surface area (Å²) in [5.41, 5.74) is 10.9. The van der Waals surface area contributed by atoms with Crippen molar-refractivity contribution >= 4 is 44.1 Å². The summed E-state index contributed by atoms with van der Waals surface area (Å²) in [5.74, 6) is -0.0896. The van der Waals surface area contributed by atoms with Crippen LogP contribution in [0.3, 0.4) is 0 Å². The molecule has 3 heterocycles. The van der Waals surface area contributed by atoms with Gasteiger partial charge in [0.1, 0.15) is 15.2 Å². The van der Waals surface area contributed by atoms with Gasteiger partial charge < -0.3 is 5.73 Å². The highest BCUT2D eigenvalue weighted by Crippen LogP contribution is 2.37. The van der Waals surface area contributed by atoms with E-state index in [-0.39, 0.29) is 5.78 Å². The Labute approximate surface area is 164 Å². The normalized spacial score (nSPS) is 11.3. The number of ketones is 1.